The lowest BCUT2D eigenvalue weighted by Gasteiger charge is -2.23. The topological polar surface area (TPSA) is 113 Å². The molecule has 0 amide bonds. The van der Waals surface area contributed by atoms with Crippen molar-refractivity contribution in [2.24, 2.45) is 0 Å². The highest BCUT2D eigenvalue weighted by Crippen LogP contribution is 2.48. The van der Waals surface area contributed by atoms with E-state index in [1.165, 1.54) is 19.8 Å². The summed E-state index contributed by atoms with van der Waals surface area (Å²) in [5, 5.41) is 8.47. The van der Waals surface area contributed by atoms with E-state index in [9.17, 15) is 22.8 Å². The van der Waals surface area contributed by atoms with E-state index < -0.39 is 36.4 Å². The predicted molar refractivity (Wildman–Crippen MR) is 399 cm³/mol. The molecule has 0 unspecified atom stereocenters. The van der Waals surface area contributed by atoms with Gasteiger partial charge in [-0.1, -0.05) is 241 Å². The van der Waals surface area contributed by atoms with E-state index in [0.717, 1.165) is 87.2 Å². The molecule has 0 atom stereocenters. The molecule has 0 aliphatic carbocycles. The Balaban J connectivity index is 0.000000168. The van der Waals surface area contributed by atoms with Gasteiger partial charge in [-0.3, -0.25) is 9.13 Å². The Bertz CT molecular complexity index is 4380. The van der Waals surface area contributed by atoms with Crippen LogP contribution in [0.4, 0.5) is 0 Å². The van der Waals surface area contributed by atoms with Crippen molar-refractivity contribution in [2.45, 2.75) is 69.2 Å². The fourth-order valence-corrected chi connectivity index (χ4v) is 21.6. The summed E-state index contributed by atoms with van der Waals surface area (Å²) in [5.74, 6) is 0.668. The van der Waals surface area contributed by atoms with Gasteiger partial charge < -0.3 is 27.3 Å². The summed E-state index contributed by atoms with van der Waals surface area (Å²) in [7, 11) is -11.3. The Labute approximate surface area is 553 Å². The molecule has 0 spiro atoms. The number of benzene rings is 11. The highest BCUT2D eigenvalue weighted by Gasteiger charge is 2.34. The molecule has 11 aromatic rings. The summed E-state index contributed by atoms with van der Waals surface area (Å²) >= 11 is 0. The van der Waals surface area contributed by atoms with Crippen molar-refractivity contribution in [3.63, 3.8) is 0 Å². The van der Waals surface area contributed by atoms with Crippen LogP contribution < -0.4 is 57.6 Å². The number of hydrogen-bond donors (Lipinski definition) is 0. The van der Waals surface area contributed by atoms with Crippen LogP contribution in [-0.2, 0) is 31.9 Å². The summed E-state index contributed by atoms with van der Waals surface area (Å²) in [6.07, 6.45) is 0. The van der Waals surface area contributed by atoms with Gasteiger partial charge in [0.05, 0.1) is 15.9 Å². The third kappa shape index (κ3) is 18.4. The lowest BCUT2D eigenvalue weighted by atomic mass is 10.1. The summed E-state index contributed by atoms with van der Waals surface area (Å²) in [5.41, 5.74) is 10.7. The molecule has 11 rings (SSSR count). The van der Waals surface area contributed by atoms with Gasteiger partial charge in [-0.2, -0.15) is 0 Å². The molecule has 0 radical (unpaired) electrons. The molecule has 0 bridgehead atoms. The van der Waals surface area contributed by atoms with E-state index in [4.69, 9.17) is 13.6 Å². The molecule has 11 aromatic carbocycles. The minimum atomic E-state index is -3.19. The maximum absolute atomic E-state index is 14.3. The van der Waals surface area contributed by atoms with Gasteiger partial charge in [-0.25, -0.2) is 0 Å². The first kappa shape index (κ1) is 72.7. The van der Waals surface area contributed by atoms with Gasteiger partial charge in [0.2, 0.25) is 0 Å². The maximum atomic E-state index is 14.3. The predicted octanol–water partition coefficient (Wildman–Crippen LogP) is 17.5. The average Bonchev–Trinajstić information content (AvgIpc) is 0.790. The molecule has 8 nitrogen and oxygen atoms in total. The first-order chi connectivity index (χ1) is 44.3. The zero-order valence-electron chi connectivity index (χ0n) is 56.0. The first-order valence-corrected chi connectivity index (χ1v) is 39.9. The Morgan fingerprint density at radius 3 is 0.946 bits per heavy atom. The van der Waals surface area contributed by atoms with Crippen LogP contribution in [0.15, 0.2) is 273 Å². The van der Waals surface area contributed by atoms with Crippen molar-refractivity contribution in [2.75, 3.05) is 27.5 Å². The van der Waals surface area contributed by atoms with Crippen molar-refractivity contribution in [3.8, 4) is 5.75 Å². The second-order valence-electron chi connectivity index (χ2n) is 23.5. The second-order valence-corrected chi connectivity index (χ2v) is 36.7. The third-order valence-corrected chi connectivity index (χ3v) is 28.2. The van der Waals surface area contributed by atoms with E-state index >= 15 is 0 Å². The SMILES string of the molecule is COP(=O)(OC)c1cc(C)ccc1C.Cc1ccc(C)c(OP(=O)(c2ccccc2)c2ccccc2)c1.Cc1ccc(C)c(P(C)(C)=O)c1.Cc1cccc(P(=O)(c2ccccc2)c2cccc(C)c2)c1.Cc1ccccc1P(=O)(c1ccccc1)c1ccccc1C. The summed E-state index contributed by atoms with van der Waals surface area (Å²) in [6, 6.07) is 88.2. The van der Waals surface area contributed by atoms with Crippen LogP contribution in [0.3, 0.4) is 0 Å². The van der Waals surface area contributed by atoms with Gasteiger partial charge in [0.1, 0.15) is 12.9 Å². The molecule has 480 valence electrons. The fourth-order valence-electron chi connectivity index (χ4n) is 10.6. The molecule has 13 heteroatoms. The van der Waals surface area contributed by atoms with E-state index in [1.807, 2.05) is 349 Å². The number of aryl methyl sites for hydroxylation is 10. The third-order valence-electron chi connectivity index (χ3n) is 15.7. The molecule has 0 fully saturated rings. The van der Waals surface area contributed by atoms with Gasteiger partial charge in [0.25, 0.3) is 0 Å². The summed E-state index contributed by atoms with van der Waals surface area (Å²) < 4.78 is 82.1. The molecule has 0 aliphatic rings. The van der Waals surface area contributed by atoms with Crippen molar-refractivity contribution in [1.82, 2.24) is 0 Å². The average molecular weight is 1330 g/mol. The molecule has 93 heavy (non-hydrogen) atoms. The highest BCUT2D eigenvalue weighted by atomic mass is 31.2. The Morgan fingerprint density at radius 2 is 0.570 bits per heavy atom. The van der Waals surface area contributed by atoms with Crippen LogP contribution in [0, 0.1) is 69.2 Å². The smallest absolute Gasteiger partial charge is 0.361 e. The van der Waals surface area contributed by atoms with Gasteiger partial charge in [0.15, 0.2) is 14.3 Å². The first-order valence-electron chi connectivity index (χ1n) is 30.8. The van der Waals surface area contributed by atoms with E-state index in [1.54, 1.807) is 0 Å². The van der Waals surface area contributed by atoms with Crippen molar-refractivity contribution < 1.29 is 36.4 Å². The highest BCUT2D eigenvalue weighted by molar-refractivity contribution is 7.86. The number of hydrogen-bond acceptors (Lipinski definition) is 8. The van der Waals surface area contributed by atoms with Crippen molar-refractivity contribution in [1.29, 1.82) is 0 Å². The zero-order chi connectivity index (χ0) is 67.6. The molecular weight excluding hydrogens is 1240 g/mol. The van der Waals surface area contributed by atoms with E-state index in [2.05, 4.69) is 6.07 Å². The van der Waals surface area contributed by atoms with E-state index in [-0.39, 0.29) is 0 Å². The van der Waals surface area contributed by atoms with Crippen molar-refractivity contribution >= 4 is 89.4 Å². The Hall–Kier alpha value is -7.71. The standard InChI is InChI=1S/C20H19O2P.2C20H19OP.C10H15O3P.C10H15OP/c1-16-13-14-17(2)20(15-16)22-23(21,18-9-5-3-6-10-18)19-11-7-4-8-12-19;1-16-10-6-8-14-19(16)22(21,18-12-4-3-5-13-18)20-15-9-7-11-17(20)2;1-16-8-6-12-19(14-16)22(21,18-10-4-3-5-11-18)20-13-7-9-17(2)15-20;1-8-5-6-9(2)10(7-8)14(11,12-3)13-4;1-8-5-6-9(2)10(7-8)12(3,4)11/h3-15H,1-2H3;2*3-15H,1-2H3;5-7H,1-4H3;5-7H,1-4H3. The van der Waals surface area contributed by atoms with E-state index in [0.29, 0.717) is 21.7 Å². The lowest BCUT2D eigenvalue weighted by molar-refractivity contribution is 0.287. The minimum Gasteiger partial charge on any atom is -0.437 e. The lowest BCUT2D eigenvalue weighted by Crippen LogP contribution is -2.28. The van der Waals surface area contributed by atoms with Crippen LogP contribution in [0.25, 0.3) is 0 Å². The molecule has 0 saturated carbocycles. The second kappa shape index (κ2) is 32.9. The Kier molecular flexibility index (Phi) is 25.7. The molecule has 0 heterocycles. The quantitative estimate of drug-likeness (QED) is 0.0990. The van der Waals surface area contributed by atoms with Gasteiger partial charge >= 0.3 is 15.0 Å². The zero-order valence-corrected chi connectivity index (χ0v) is 60.5. The maximum Gasteiger partial charge on any atom is 0.361 e. The molecule has 0 aromatic heterocycles. The monoisotopic (exact) mass is 1330 g/mol. The molecular formula is C80H87O8P5. The van der Waals surface area contributed by atoms with Crippen LogP contribution in [-0.4, -0.2) is 27.5 Å². The molecule has 0 N–H and O–H groups in total. The fraction of sp³-hybridized carbons (Fsp3) is 0.175. The summed E-state index contributed by atoms with van der Waals surface area (Å²) in [4.78, 5) is 0. The van der Waals surface area contributed by atoms with Gasteiger partial charge in [0, 0.05) is 51.4 Å². The van der Waals surface area contributed by atoms with Crippen LogP contribution in [0.5, 0.6) is 5.75 Å². The molecule has 0 saturated heterocycles. The minimum absolute atomic E-state index is 0.641. The Morgan fingerprint density at radius 1 is 0.258 bits per heavy atom. The van der Waals surface area contributed by atoms with Gasteiger partial charge in [-0.05, 0) is 171 Å². The van der Waals surface area contributed by atoms with Crippen LogP contribution in [0.1, 0.15) is 55.6 Å². The van der Waals surface area contributed by atoms with Crippen LogP contribution >= 0.6 is 36.4 Å². The van der Waals surface area contributed by atoms with Crippen LogP contribution in [0.2, 0.25) is 0 Å². The van der Waals surface area contributed by atoms with Gasteiger partial charge in [-0.15, -0.1) is 0 Å². The number of rotatable bonds is 14. The summed E-state index contributed by atoms with van der Waals surface area (Å²) in [6.45, 7) is 23.6. The van der Waals surface area contributed by atoms with Crippen molar-refractivity contribution in [3.05, 3.63) is 329 Å². The normalized spacial score (nSPS) is 11.4. The largest absolute Gasteiger partial charge is 0.437 e. The molecule has 0 aliphatic heterocycles.